The van der Waals surface area contributed by atoms with Gasteiger partial charge in [0.1, 0.15) is 0 Å². The summed E-state index contributed by atoms with van der Waals surface area (Å²) in [7, 11) is 0. The Morgan fingerprint density at radius 1 is 0.360 bits per heavy atom. The highest BCUT2D eigenvalue weighted by Gasteiger charge is 2.64. The van der Waals surface area contributed by atoms with Crippen molar-refractivity contribution in [2.24, 2.45) is 40.9 Å². The topological polar surface area (TPSA) is 0 Å². The number of rotatable bonds is 2. The average molecular weight is 343 g/mol. The van der Waals surface area contributed by atoms with E-state index in [-0.39, 0.29) is 0 Å². The van der Waals surface area contributed by atoms with Crippen LogP contribution in [-0.2, 0) is 0 Å². The minimum Gasteiger partial charge on any atom is -0.0533 e. The second-order valence-corrected chi connectivity index (χ2v) is 10.8. The third-order valence-electron chi connectivity index (χ3n) is 10.1. The van der Waals surface area contributed by atoms with E-state index in [9.17, 15) is 0 Å². The lowest BCUT2D eigenvalue weighted by molar-refractivity contribution is -0.0737. The largest absolute Gasteiger partial charge is 0.0533 e. The Balaban J connectivity index is 1.58. The first kappa shape index (κ1) is 17.1. The van der Waals surface area contributed by atoms with Gasteiger partial charge < -0.3 is 0 Å². The summed E-state index contributed by atoms with van der Waals surface area (Å²) in [4.78, 5) is 0. The van der Waals surface area contributed by atoms with Crippen LogP contribution < -0.4 is 0 Å². The fourth-order valence-electron chi connectivity index (χ4n) is 9.61. The Labute approximate surface area is 156 Å². The molecule has 0 aliphatic heterocycles. The summed E-state index contributed by atoms with van der Waals surface area (Å²) in [5.41, 5.74) is 0.816. The fourth-order valence-corrected chi connectivity index (χ4v) is 9.61. The smallest absolute Gasteiger partial charge is 0.0179 e. The van der Waals surface area contributed by atoms with Crippen LogP contribution >= 0.6 is 0 Å². The number of fused-ring (bicyclic) bond motifs is 3. The molecule has 0 heteroatoms. The van der Waals surface area contributed by atoms with E-state index in [4.69, 9.17) is 0 Å². The van der Waals surface area contributed by atoms with Crippen molar-refractivity contribution in [1.29, 1.82) is 0 Å². The predicted molar refractivity (Wildman–Crippen MR) is 106 cm³/mol. The molecule has 5 saturated carbocycles. The van der Waals surface area contributed by atoms with Crippen molar-refractivity contribution in [3.05, 3.63) is 0 Å². The third kappa shape index (κ3) is 2.67. The zero-order valence-electron chi connectivity index (χ0n) is 16.7. The van der Waals surface area contributed by atoms with Crippen molar-refractivity contribution in [2.75, 3.05) is 0 Å². The first-order valence-electron chi connectivity index (χ1n) is 12.4. The highest BCUT2D eigenvalue weighted by molar-refractivity contribution is 5.13. The second kappa shape index (κ2) is 7.20. The van der Waals surface area contributed by atoms with Crippen LogP contribution in [0.3, 0.4) is 0 Å². The molecular weight excluding hydrogens is 300 g/mol. The first-order chi connectivity index (χ1) is 12.4. The molecule has 0 amide bonds. The van der Waals surface area contributed by atoms with Gasteiger partial charge in [-0.25, -0.2) is 0 Å². The van der Waals surface area contributed by atoms with Crippen LogP contribution in [0.15, 0.2) is 0 Å². The molecule has 4 unspecified atom stereocenters. The summed E-state index contributed by atoms with van der Waals surface area (Å²) in [6.45, 7) is 0. The van der Waals surface area contributed by atoms with Crippen LogP contribution in [0.2, 0.25) is 0 Å². The third-order valence-corrected chi connectivity index (χ3v) is 10.1. The Morgan fingerprint density at radius 3 is 1.16 bits per heavy atom. The van der Waals surface area contributed by atoms with Gasteiger partial charge in [0.25, 0.3) is 0 Å². The van der Waals surface area contributed by atoms with Gasteiger partial charge in [-0.15, -0.1) is 0 Å². The van der Waals surface area contributed by atoms with E-state index < -0.39 is 0 Å². The summed E-state index contributed by atoms with van der Waals surface area (Å²) < 4.78 is 0. The zero-order chi connectivity index (χ0) is 16.7. The lowest BCUT2D eigenvalue weighted by Crippen LogP contribution is -2.49. The molecule has 0 bridgehead atoms. The molecule has 5 aliphatic carbocycles. The maximum absolute atomic E-state index is 1.63. The minimum absolute atomic E-state index is 0.816. The molecule has 0 saturated heterocycles. The van der Waals surface area contributed by atoms with E-state index in [1.165, 1.54) is 0 Å². The summed E-state index contributed by atoms with van der Waals surface area (Å²) in [6, 6.07) is 0. The van der Waals surface area contributed by atoms with Gasteiger partial charge in [-0.05, 0) is 92.3 Å². The molecule has 0 aromatic carbocycles. The van der Waals surface area contributed by atoms with E-state index in [1.807, 2.05) is 0 Å². The Morgan fingerprint density at radius 2 is 0.720 bits per heavy atom. The Bertz CT molecular complexity index is 397. The van der Waals surface area contributed by atoms with Crippen molar-refractivity contribution in [3.8, 4) is 0 Å². The molecular formula is C25H42. The standard InChI is InChI=1S/C25H42/c1-3-11-19(12-4-1)25(20-13-5-2-6-14-20)23-17-9-7-15-21(23)22-16-8-10-18-24(22)25/h19-24H,1-18H2. The monoisotopic (exact) mass is 342 g/mol. The van der Waals surface area contributed by atoms with Crippen molar-refractivity contribution >= 4 is 0 Å². The van der Waals surface area contributed by atoms with Gasteiger partial charge in [0, 0.05) is 0 Å². The molecule has 5 rings (SSSR count). The summed E-state index contributed by atoms with van der Waals surface area (Å²) in [5.74, 6) is 6.87. The lowest BCUT2D eigenvalue weighted by atomic mass is 9.49. The van der Waals surface area contributed by atoms with Crippen molar-refractivity contribution < 1.29 is 0 Å². The van der Waals surface area contributed by atoms with E-state index in [1.54, 1.807) is 116 Å². The molecule has 142 valence electrons. The van der Waals surface area contributed by atoms with E-state index >= 15 is 0 Å². The lowest BCUT2D eigenvalue weighted by Gasteiger charge is -2.56. The molecule has 0 nitrogen and oxygen atoms in total. The van der Waals surface area contributed by atoms with E-state index in [0.717, 1.165) is 40.9 Å². The Hall–Kier alpha value is 0. The zero-order valence-corrected chi connectivity index (χ0v) is 16.7. The Kier molecular flexibility index (Phi) is 4.93. The number of hydrogen-bond donors (Lipinski definition) is 0. The van der Waals surface area contributed by atoms with Crippen LogP contribution in [0.1, 0.15) is 116 Å². The van der Waals surface area contributed by atoms with Crippen molar-refractivity contribution in [3.63, 3.8) is 0 Å². The van der Waals surface area contributed by atoms with Crippen LogP contribution in [0.5, 0.6) is 0 Å². The summed E-state index contributed by atoms with van der Waals surface area (Å²) >= 11 is 0. The van der Waals surface area contributed by atoms with Gasteiger partial charge in [0.2, 0.25) is 0 Å². The summed E-state index contributed by atoms with van der Waals surface area (Å²) in [6.07, 6.45) is 28.6. The van der Waals surface area contributed by atoms with Gasteiger partial charge in [-0.1, -0.05) is 64.2 Å². The molecule has 0 spiro atoms. The van der Waals surface area contributed by atoms with E-state index in [2.05, 4.69) is 0 Å². The second-order valence-electron chi connectivity index (χ2n) is 10.8. The van der Waals surface area contributed by atoms with Gasteiger partial charge in [0.15, 0.2) is 0 Å². The average Bonchev–Trinajstić information content (AvgIpc) is 3.01. The summed E-state index contributed by atoms with van der Waals surface area (Å²) in [5, 5.41) is 0. The predicted octanol–water partition coefficient (Wildman–Crippen LogP) is 7.76. The minimum atomic E-state index is 0.816. The highest BCUT2D eigenvalue weighted by Crippen LogP contribution is 2.71. The molecule has 0 radical (unpaired) electrons. The van der Waals surface area contributed by atoms with Crippen LogP contribution in [0.4, 0.5) is 0 Å². The molecule has 25 heavy (non-hydrogen) atoms. The quantitative estimate of drug-likeness (QED) is 0.481. The molecule has 0 heterocycles. The number of hydrogen-bond acceptors (Lipinski definition) is 0. The van der Waals surface area contributed by atoms with Crippen LogP contribution in [0.25, 0.3) is 0 Å². The van der Waals surface area contributed by atoms with Crippen molar-refractivity contribution in [1.82, 2.24) is 0 Å². The fraction of sp³-hybridized carbons (Fsp3) is 1.00. The molecule has 0 aromatic rings. The van der Waals surface area contributed by atoms with Crippen molar-refractivity contribution in [2.45, 2.75) is 116 Å². The van der Waals surface area contributed by atoms with Gasteiger partial charge >= 0.3 is 0 Å². The van der Waals surface area contributed by atoms with Crippen LogP contribution in [0, 0.1) is 40.9 Å². The first-order valence-corrected chi connectivity index (χ1v) is 12.4. The molecule has 5 fully saturated rings. The molecule has 4 atom stereocenters. The van der Waals surface area contributed by atoms with E-state index in [0.29, 0.717) is 0 Å². The molecule has 0 aromatic heterocycles. The van der Waals surface area contributed by atoms with Crippen LogP contribution in [-0.4, -0.2) is 0 Å². The maximum Gasteiger partial charge on any atom is -0.0179 e. The SMILES string of the molecule is C1CCC(C2(C3CCCCC3)C3CCCCC3C3CCCCC32)CC1. The van der Waals surface area contributed by atoms with Gasteiger partial charge in [0.05, 0.1) is 0 Å². The molecule has 5 aliphatic rings. The normalized spacial score (nSPS) is 42.7. The molecule has 0 N–H and O–H groups in total. The van der Waals surface area contributed by atoms with Gasteiger partial charge in [-0.2, -0.15) is 0 Å². The van der Waals surface area contributed by atoms with Gasteiger partial charge in [-0.3, -0.25) is 0 Å². The maximum atomic E-state index is 1.63. The highest BCUT2D eigenvalue weighted by atomic mass is 14.7.